The summed E-state index contributed by atoms with van der Waals surface area (Å²) in [5.41, 5.74) is 0.446. The molecular formula is C9H8O4. The van der Waals surface area contributed by atoms with Gasteiger partial charge in [0, 0.05) is 5.56 Å². The molecule has 1 aromatic rings. The van der Waals surface area contributed by atoms with Gasteiger partial charge in [-0.15, -0.1) is 0 Å². The van der Waals surface area contributed by atoms with Gasteiger partial charge in [0.2, 0.25) is 0 Å². The van der Waals surface area contributed by atoms with Gasteiger partial charge in [-0.05, 0) is 12.1 Å². The van der Waals surface area contributed by atoms with Crippen LogP contribution in [0.15, 0.2) is 24.3 Å². The van der Waals surface area contributed by atoms with E-state index in [1.165, 1.54) is 13.2 Å². The van der Waals surface area contributed by atoms with Crippen molar-refractivity contribution < 1.29 is 19.1 Å². The van der Waals surface area contributed by atoms with Crippen LogP contribution in [0.4, 0.5) is 4.79 Å². The Morgan fingerprint density at radius 1 is 1.46 bits per heavy atom. The lowest BCUT2D eigenvalue weighted by Crippen LogP contribution is -2.07. The lowest BCUT2D eigenvalue weighted by molar-refractivity contribution is 0.111. The number of methoxy groups -OCH3 is 1. The summed E-state index contributed by atoms with van der Waals surface area (Å²) in [6.45, 7) is 0. The first-order valence-electron chi connectivity index (χ1n) is 3.57. The molecule has 0 saturated carbocycles. The van der Waals surface area contributed by atoms with Crippen LogP contribution in [0.2, 0.25) is 0 Å². The largest absolute Gasteiger partial charge is 0.513 e. The highest BCUT2D eigenvalue weighted by Crippen LogP contribution is 2.12. The van der Waals surface area contributed by atoms with Crippen LogP contribution in [0.3, 0.4) is 0 Å². The highest BCUT2D eigenvalue weighted by molar-refractivity contribution is 5.76. The lowest BCUT2D eigenvalue weighted by Gasteiger charge is -2.01. The zero-order valence-electron chi connectivity index (χ0n) is 7.02. The molecule has 0 heterocycles. The summed E-state index contributed by atoms with van der Waals surface area (Å²) in [6, 6.07) is 6.23. The molecule has 0 radical (unpaired) electrons. The van der Waals surface area contributed by atoms with Gasteiger partial charge in [0.25, 0.3) is 0 Å². The summed E-state index contributed by atoms with van der Waals surface area (Å²) in [7, 11) is 1.21. The average Bonchev–Trinajstić information content (AvgIpc) is 2.18. The molecule has 0 aromatic heterocycles. The summed E-state index contributed by atoms with van der Waals surface area (Å²) in [4.78, 5) is 21.0. The van der Waals surface area contributed by atoms with Gasteiger partial charge in [0.1, 0.15) is 12.0 Å². The molecule has 0 atom stereocenters. The number of carbonyl (C=O) groups excluding carboxylic acids is 2. The number of benzene rings is 1. The summed E-state index contributed by atoms with van der Waals surface area (Å²) in [5.74, 6) is 0.288. The first-order chi connectivity index (χ1) is 6.26. The van der Waals surface area contributed by atoms with Gasteiger partial charge in [0.15, 0.2) is 0 Å². The molecule has 0 amide bonds. The fourth-order valence-corrected chi connectivity index (χ4v) is 0.789. The predicted molar refractivity (Wildman–Crippen MR) is 44.9 cm³/mol. The summed E-state index contributed by atoms with van der Waals surface area (Å²) < 4.78 is 8.96. The normalized spacial score (nSPS) is 9.00. The molecule has 0 unspecified atom stereocenters. The van der Waals surface area contributed by atoms with Gasteiger partial charge in [0.05, 0.1) is 7.11 Å². The zero-order valence-corrected chi connectivity index (χ0v) is 7.02. The molecule has 68 valence electrons. The van der Waals surface area contributed by atoms with Crippen LogP contribution < -0.4 is 4.74 Å². The lowest BCUT2D eigenvalue weighted by atomic mass is 10.2. The minimum atomic E-state index is -0.803. The standard InChI is InChI=1S/C9H8O4/c1-12-9(11)13-8-4-2-3-7(5-8)6-10/h2-6H,1H3. The van der Waals surface area contributed by atoms with Crippen molar-refractivity contribution in [2.45, 2.75) is 0 Å². The average molecular weight is 180 g/mol. The molecule has 0 bridgehead atoms. The number of aldehydes is 1. The van der Waals surface area contributed by atoms with Crippen molar-refractivity contribution in [2.24, 2.45) is 0 Å². The summed E-state index contributed by atoms with van der Waals surface area (Å²) >= 11 is 0. The van der Waals surface area contributed by atoms with Crippen LogP contribution >= 0.6 is 0 Å². The van der Waals surface area contributed by atoms with E-state index in [2.05, 4.69) is 9.47 Å². The van der Waals surface area contributed by atoms with Crippen LogP contribution in [0.25, 0.3) is 0 Å². The Balaban J connectivity index is 2.77. The molecule has 0 aliphatic heterocycles. The first kappa shape index (κ1) is 9.25. The third kappa shape index (κ3) is 2.59. The molecular weight excluding hydrogens is 172 g/mol. The van der Waals surface area contributed by atoms with Gasteiger partial charge < -0.3 is 9.47 Å². The van der Waals surface area contributed by atoms with Crippen LogP contribution in [-0.2, 0) is 4.74 Å². The number of rotatable bonds is 2. The van der Waals surface area contributed by atoms with E-state index >= 15 is 0 Å². The van der Waals surface area contributed by atoms with Gasteiger partial charge in [-0.3, -0.25) is 4.79 Å². The molecule has 0 spiro atoms. The van der Waals surface area contributed by atoms with E-state index in [-0.39, 0.29) is 5.75 Å². The quantitative estimate of drug-likeness (QED) is 0.394. The molecule has 13 heavy (non-hydrogen) atoms. The van der Waals surface area contributed by atoms with Crippen LogP contribution in [0, 0.1) is 0 Å². The third-order valence-electron chi connectivity index (χ3n) is 1.36. The predicted octanol–water partition coefficient (Wildman–Crippen LogP) is 1.64. The monoisotopic (exact) mass is 180 g/mol. The van der Waals surface area contributed by atoms with Gasteiger partial charge in [-0.1, -0.05) is 12.1 Å². The maximum Gasteiger partial charge on any atom is 0.513 e. The second kappa shape index (κ2) is 4.25. The Morgan fingerprint density at radius 3 is 2.85 bits per heavy atom. The second-order valence-corrected chi connectivity index (χ2v) is 2.25. The van der Waals surface area contributed by atoms with Crippen molar-refractivity contribution in [3.05, 3.63) is 29.8 Å². The van der Waals surface area contributed by atoms with Gasteiger partial charge >= 0.3 is 6.16 Å². The number of hydrogen-bond acceptors (Lipinski definition) is 4. The molecule has 0 aliphatic rings. The SMILES string of the molecule is COC(=O)Oc1cccc(C=O)c1. The number of hydrogen-bond donors (Lipinski definition) is 0. The Morgan fingerprint density at radius 2 is 2.23 bits per heavy atom. The van der Waals surface area contributed by atoms with Crippen LogP contribution in [-0.4, -0.2) is 19.6 Å². The Labute approximate surface area is 75.1 Å². The van der Waals surface area contributed by atoms with Crippen molar-refractivity contribution >= 4 is 12.4 Å². The van der Waals surface area contributed by atoms with E-state index in [9.17, 15) is 9.59 Å². The molecule has 1 aromatic carbocycles. The zero-order chi connectivity index (χ0) is 9.68. The highest BCUT2D eigenvalue weighted by atomic mass is 16.7. The minimum absolute atomic E-state index is 0.288. The van der Waals surface area contributed by atoms with Crippen molar-refractivity contribution in [1.29, 1.82) is 0 Å². The fraction of sp³-hybridized carbons (Fsp3) is 0.111. The fourth-order valence-electron chi connectivity index (χ4n) is 0.789. The van der Waals surface area contributed by atoms with E-state index in [1.54, 1.807) is 18.2 Å². The van der Waals surface area contributed by atoms with Crippen molar-refractivity contribution in [3.8, 4) is 5.75 Å². The summed E-state index contributed by atoms with van der Waals surface area (Å²) in [5, 5.41) is 0. The van der Waals surface area contributed by atoms with E-state index in [4.69, 9.17) is 0 Å². The van der Waals surface area contributed by atoms with E-state index in [1.807, 2.05) is 0 Å². The maximum atomic E-state index is 10.6. The number of carbonyl (C=O) groups is 2. The van der Waals surface area contributed by atoms with Crippen LogP contribution in [0.5, 0.6) is 5.75 Å². The van der Waals surface area contributed by atoms with Crippen molar-refractivity contribution in [2.75, 3.05) is 7.11 Å². The second-order valence-electron chi connectivity index (χ2n) is 2.25. The number of ether oxygens (including phenoxy) is 2. The van der Waals surface area contributed by atoms with Gasteiger partial charge in [-0.25, -0.2) is 4.79 Å². The Kier molecular flexibility index (Phi) is 3.03. The first-order valence-corrected chi connectivity index (χ1v) is 3.57. The van der Waals surface area contributed by atoms with Gasteiger partial charge in [-0.2, -0.15) is 0 Å². The maximum absolute atomic E-state index is 10.6. The van der Waals surface area contributed by atoms with E-state index in [0.29, 0.717) is 11.8 Å². The molecule has 0 saturated heterocycles. The molecule has 1 rings (SSSR count). The van der Waals surface area contributed by atoms with Crippen molar-refractivity contribution in [1.82, 2.24) is 0 Å². The smallest absolute Gasteiger partial charge is 0.437 e. The van der Waals surface area contributed by atoms with E-state index in [0.717, 1.165) is 0 Å². The molecule has 0 fully saturated rings. The Bertz CT molecular complexity index is 319. The third-order valence-corrected chi connectivity index (χ3v) is 1.36. The Hall–Kier alpha value is -1.84. The molecule has 0 N–H and O–H groups in total. The highest BCUT2D eigenvalue weighted by Gasteiger charge is 2.02. The molecule has 0 aliphatic carbocycles. The molecule has 4 nitrogen and oxygen atoms in total. The summed E-state index contributed by atoms with van der Waals surface area (Å²) in [6.07, 6.45) is -0.132. The van der Waals surface area contributed by atoms with E-state index < -0.39 is 6.16 Å². The minimum Gasteiger partial charge on any atom is -0.437 e. The topological polar surface area (TPSA) is 52.6 Å². The molecule has 4 heteroatoms. The van der Waals surface area contributed by atoms with Crippen molar-refractivity contribution in [3.63, 3.8) is 0 Å². The van der Waals surface area contributed by atoms with Crippen LogP contribution in [0.1, 0.15) is 10.4 Å².